The third kappa shape index (κ3) is 9.45. The molecular weight excluding hydrogens is 650 g/mol. The number of hydrogen-bond donors (Lipinski definition) is 4. The van der Waals surface area contributed by atoms with Crippen molar-refractivity contribution in [1.29, 1.82) is 0 Å². The minimum absolute atomic E-state index is 0.0485. The topological polar surface area (TPSA) is 174 Å². The van der Waals surface area contributed by atoms with Crippen molar-refractivity contribution in [3.63, 3.8) is 0 Å². The maximum Gasteiger partial charge on any atom is 0.311 e. The Morgan fingerprint density at radius 1 is 0.860 bits per heavy atom. The fourth-order valence-corrected chi connectivity index (χ4v) is 8.36. The molecule has 0 bridgehead atoms. The summed E-state index contributed by atoms with van der Waals surface area (Å²) >= 11 is 0. The van der Waals surface area contributed by atoms with E-state index in [1.807, 2.05) is 27.9 Å². The van der Waals surface area contributed by atoms with Crippen LogP contribution in [0.1, 0.15) is 101 Å². The van der Waals surface area contributed by atoms with Crippen LogP contribution in [0.2, 0.25) is 0 Å². The average Bonchev–Trinajstić information content (AvgIpc) is 3.04. The smallest absolute Gasteiger partial charge is 0.311 e. The van der Waals surface area contributed by atoms with Gasteiger partial charge in [0.25, 0.3) is 0 Å². The predicted molar refractivity (Wildman–Crippen MR) is 185 cm³/mol. The van der Waals surface area contributed by atoms with E-state index < -0.39 is 95.6 Å². The van der Waals surface area contributed by atoms with Crippen LogP contribution in [0.3, 0.4) is 0 Å². The van der Waals surface area contributed by atoms with Gasteiger partial charge in [0, 0.05) is 43.7 Å². The van der Waals surface area contributed by atoms with E-state index in [4.69, 9.17) is 28.4 Å². The minimum atomic E-state index is -1.96. The SMILES string of the molecule is CC[C@H]1OC(=O)[C@H](C)[C@@H](OC2C[C@@](C)(OC)[C@@H](O)[C@H](C)O2)[C@H](C)[C@@H](O[C@H]2C[C@@H](N(C)C)C[C@@H](C)O2)[C@](C)(O)C[C@@H](C)C(=O)[C@H](C)[C@@H](O)[C@]1(C)O. The van der Waals surface area contributed by atoms with Crippen molar-refractivity contribution in [3.8, 4) is 0 Å². The number of carbonyl (C=O) groups is 2. The Balaban J connectivity index is 2.15. The van der Waals surface area contributed by atoms with Crippen LogP contribution in [0.25, 0.3) is 0 Å². The zero-order valence-electron chi connectivity index (χ0n) is 32.6. The predicted octanol–water partition coefficient (Wildman–Crippen LogP) is 2.81. The third-order valence-electron chi connectivity index (χ3n) is 11.7. The van der Waals surface area contributed by atoms with E-state index in [1.54, 1.807) is 41.5 Å². The Kier molecular flexibility index (Phi) is 14.5. The number of aliphatic hydroxyl groups is 4. The molecule has 3 fully saturated rings. The molecule has 0 spiro atoms. The van der Waals surface area contributed by atoms with Gasteiger partial charge in [-0.15, -0.1) is 0 Å². The Bertz CT molecular complexity index is 1130. The van der Waals surface area contributed by atoms with Crippen molar-refractivity contribution in [1.82, 2.24) is 4.90 Å². The first-order valence-corrected chi connectivity index (χ1v) is 18.4. The lowest BCUT2D eigenvalue weighted by Gasteiger charge is -2.48. The summed E-state index contributed by atoms with van der Waals surface area (Å²) in [7, 11) is 5.50. The van der Waals surface area contributed by atoms with Gasteiger partial charge >= 0.3 is 5.97 Å². The van der Waals surface area contributed by atoms with Gasteiger partial charge in [-0.2, -0.15) is 0 Å². The first-order valence-electron chi connectivity index (χ1n) is 18.4. The third-order valence-corrected chi connectivity index (χ3v) is 11.7. The second kappa shape index (κ2) is 16.8. The molecule has 0 aliphatic carbocycles. The summed E-state index contributed by atoms with van der Waals surface area (Å²) in [6.07, 6.45) is -6.53. The maximum absolute atomic E-state index is 14.1. The number of carbonyl (C=O) groups excluding carboxylic acids is 2. The first kappa shape index (κ1) is 43.1. The van der Waals surface area contributed by atoms with E-state index in [-0.39, 0.29) is 37.2 Å². The molecule has 3 aliphatic heterocycles. The summed E-state index contributed by atoms with van der Waals surface area (Å²) in [5, 5.41) is 46.1. The molecule has 3 saturated heterocycles. The number of cyclic esters (lactones) is 1. The highest BCUT2D eigenvalue weighted by molar-refractivity contribution is 5.83. The number of aliphatic hydroxyl groups excluding tert-OH is 2. The van der Waals surface area contributed by atoms with Crippen LogP contribution in [-0.4, -0.2) is 136 Å². The summed E-state index contributed by atoms with van der Waals surface area (Å²) in [6.45, 7) is 16.8. The van der Waals surface area contributed by atoms with Gasteiger partial charge in [0.2, 0.25) is 0 Å². The van der Waals surface area contributed by atoms with Crippen LogP contribution < -0.4 is 0 Å². The fraction of sp³-hybridized carbons (Fsp3) is 0.946. The van der Waals surface area contributed by atoms with Crippen molar-refractivity contribution < 1.29 is 58.4 Å². The zero-order valence-corrected chi connectivity index (χ0v) is 32.6. The lowest BCUT2D eigenvalue weighted by atomic mass is 9.74. The van der Waals surface area contributed by atoms with E-state index in [1.165, 1.54) is 21.0 Å². The summed E-state index contributed by atoms with van der Waals surface area (Å²) in [6, 6.07) is 0.153. The highest BCUT2D eigenvalue weighted by Crippen LogP contribution is 2.40. The van der Waals surface area contributed by atoms with E-state index in [0.717, 1.165) is 6.42 Å². The normalized spacial score (nSPS) is 49.0. The first-order chi connectivity index (χ1) is 23.0. The number of ether oxygens (including phenoxy) is 6. The molecule has 292 valence electrons. The molecule has 3 heterocycles. The Morgan fingerprint density at radius 2 is 1.48 bits per heavy atom. The van der Waals surface area contributed by atoms with Crippen LogP contribution in [0.5, 0.6) is 0 Å². The van der Waals surface area contributed by atoms with Crippen LogP contribution in [-0.2, 0) is 38.0 Å². The number of esters is 1. The van der Waals surface area contributed by atoms with Gasteiger partial charge < -0.3 is 53.7 Å². The maximum atomic E-state index is 14.1. The molecule has 0 radical (unpaired) electrons. The average molecular weight is 718 g/mol. The molecule has 0 amide bonds. The number of rotatable bonds is 7. The molecule has 50 heavy (non-hydrogen) atoms. The van der Waals surface area contributed by atoms with Crippen LogP contribution in [0.15, 0.2) is 0 Å². The molecule has 13 heteroatoms. The number of hydrogen-bond acceptors (Lipinski definition) is 13. The van der Waals surface area contributed by atoms with Crippen molar-refractivity contribution in [2.24, 2.45) is 23.7 Å². The molecule has 4 N–H and O–H groups in total. The van der Waals surface area contributed by atoms with Gasteiger partial charge in [0.05, 0.1) is 47.6 Å². The molecular formula is C37H67NO12. The summed E-state index contributed by atoms with van der Waals surface area (Å²) in [5.41, 5.74) is -4.64. The summed E-state index contributed by atoms with van der Waals surface area (Å²) in [4.78, 5) is 30.0. The van der Waals surface area contributed by atoms with Gasteiger partial charge in [-0.1, -0.05) is 27.7 Å². The standard InChI is InChI=1S/C37H67NO12/c1-14-26-37(10,44)31(40)21(4)29(39)19(2)17-35(8,43)33(50-27-16-25(38(11)12)15-20(3)46-27)22(5)30(23(6)34(42)48-26)49-28-18-36(9,45-13)32(41)24(7)47-28/h19-28,30-33,40-41,43-44H,14-18H2,1-13H3/t19-,20-,21+,22+,23-,24+,25+,26-,27+,28?,30+,31-,32+,33-,35-,36-,37-/m1/s1. The quantitative estimate of drug-likeness (QED) is 0.284. The van der Waals surface area contributed by atoms with Crippen molar-refractivity contribution in [2.45, 2.75) is 179 Å². The second-order valence-corrected chi connectivity index (χ2v) is 16.4. The largest absolute Gasteiger partial charge is 0.459 e. The Morgan fingerprint density at radius 3 is 2.04 bits per heavy atom. The van der Waals surface area contributed by atoms with Crippen LogP contribution >= 0.6 is 0 Å². The van der Waals surface area contributed by atoms with E-state index in [9.17, 15) is 30.0 Å². The minimum Gasteiger partial charge on any atom is -0.459 e. The number of nitrogens with zero attached hydrogens (tertiary/aromatic N) is 1. The highest BCUT2D eigenvalue weighted by Gasteiger charge is 2.52. The number of ketones is 1. The van der Waals surface area contributed by atoms with Gasteiger partial charge in [-0.25, -0.2) is 0 Å². The van der Waals surface area contributed by atoms with E-state index in [0.29, 0.717) is 6.42 Å². The van der Waals surface area contributed by atoms with Gasteiger partial charge in [0.15, 0.2) is 12.6 Å². The molecule has 13 nitrogen and oxygen atoms in total. The fourth-order valence-electron chi connectivity index (χ4n) is 8.36. The number of Topliss-reactive ketones (excluding diaryl/α,β-unsaturated/α-hetero) is 1. The van der Waals surface area contributed by atoms with Crippen LogP contribution in [0, 0.1) is 23.7 Å². The zero-order chi connectivity index (χ0) is 38.1. The van der Waals surface area contributed by atoms with E-state index in [2.05, 4.69) is 4.90 Å². The molecule has 3 aliphatic rings. The number of methoxy groups -OCH3 is 1. The van der Waals surface area contributed by atoms with Crippen LogP contribution in [0.4, 0.5) is 0 Å². The molecule has 0 aromatic rings. The van der Waals surface area contributed by atoms with Gasteiger partial charge in [-0.3, -0.25) is 9.59 Å². The molecule has 0 aromatic carbocycles. The Hall–Kier alpha value is -1.26. The molecule has 0 aromatic heterocycles. The highest BCUT2D eigenvalue weighted by atomic mass is 16.7. The summed E-state index contributed by atoms with van der Waals surface area (Å²) < 4.78 is 37.4. The molecule has 1 unspecified atom stereocenters. The molecule has 3 rings (SSSR count). The monoisotopic (exact) mass is 717 g/mol. The lowest BCUT2D eigenvalue weighted by molar-refractivity contribution is -0.308. The molecule has 17 atom stereocenters. The van der Waals surface area contributed by atoms with Gasteiger partial charge in [-0.05, 0) is 74.9 Å². The summed E-state index contributed by atoms with van der Waals surface area (Å²) in [5.74, 6) is -4.57. The van der Waals surface area contributed by atoms with Crippen molar-refractivity contribution in [3.05, 3.63) is 0 Å². The van der Waals surface area contributed by atoms with E-state index >= 15 is 0 Å². The van der Waals surface area contributed by atoms with Gasteiger partial charge in [0.1, 0.15) is 23.6 Å². The molecule has 0 saturated carbocycles. The van der Waals surface area contributed by atoms with Crippen molar-refractivity contribution in [2.75, 3.05) is 21.2 Å². The van der Waals surface area contributed by atoms with Crippen molar-refractivity contribution >= 4 is 11.8 Å². The lowest BCUT2D eigenvalue weighted by Crippen LogP contribution is -2.60. The Labute approximate surface area is 299 Å². The second-order valence-electron chi connectivity index (χ2n) is 16.4.